The molecule has 0 saturated heterocycles. The van der Waals surface area contributed by atoms with Gasteiger partial charge in [0, 0.05) is 24.2 Å². The van der Waals surface area contributed by atoms with E-state index in [-0.39, 0.29) is 0 Å². The van der Waals surface area contributed by atoms with E-state index >= 15 is 0 Å². The fraction of sp³-hybridized carbons (Fsp3) is 0.615. The topological polar surface area (TPSA) is 24.9 Å². The summed E-state index contributed by atoms with van der Waals surface area (Å²) >= 11 is 6.08. The number of rotatable bonds is 3. The first-order valence-corrected chi connectivity index (χ1v) is 6.47. The third-order valence-corrected chi connectivity index (χ3v) is 3.77. The Hall–Kier alpha value is -0.600. The molecular weight excluding hydrogens is 220 g/mol. The molecule has 0 aliphatic heterocycles. The molecule has 1 heterocycles. The van der Waals surface area contributed by atoms with Crippen LogP contribution in [-0.4, -0.2) is 16.4 Å². The van der Waals surface area contributed by atoms with Gasteiger partial charge < -0.3 is 5.32 Å². The highest BCUT2D eigenvalue weighted by Gasteiger charge is 2.18. The van der Waals surface area contributed by atoms with E-state index in [9.17, 15) is 0 Å². The first-order valence-electron chi connectivity index (χ1n) is 6.03. The molecule has 0 atom stereocenters. The molecule has 0 aromatic carbocycles. The Kier molecular flexibility index (Phi) is 4.19. The summed E-state index contributed by atoms with van der Waals surface area (Å²) in [6, 6.07) is 4.72. The Morgan fingerprint density at radius 2 is 2.12 bits per heavy atom. The molecule has 2 rings (SSSR count). The highest BCUT2D eigenvalue weighted by molar-refractivity contribution is 6.20. The van der Waals surface area contributed by atoms with Crippen molar-refractivity contribution >= 4 is 11.6 Å². The van der Waals surface area contributed by atoms with Gasteiger partial charge >= 0.3 is 0 Å². The molecule has 0 spiro atoms. The maximum absolute atomic E-state index is 6.08. The molecule has 1 fully saturated rings. The Morgan fingerprint density at radius 3 is 2.81 bits per heavy atom. The minimum absolute atomic E-state index is 0.398. The maximum Gasteiger partial charge on any atom is 0.0570 e. The molecule has 1 aromatic rings. The van der Waals surface area contributed by atoms with Crippen LogP contribution in [0.3, 0.4) is 0 Å². The average Bonchev–Trinajstić information content (AvgIpc) is 2.30. The third-order valence-electron chi connectivity index (χ3n) is 3.33. The molecule has 16 heavy (non-hydrogen) atoms. The lowest BCUT2D eigenvalue weighted by Gasteiger charge is -2.26. The van der Waals surface area contributed by atoms with Crippen molar-refractivity contribution in [2.75, 3.05) is 0 Å². The third kappa shape index (κ3) is 3.19. The summed E-state index contributed by atoms with van der Waals surface area (Å²) in [7, 11) is 0. The normalized spacial score (nSPS) is 25.6. The second-order valence-electron chi connectivity index (χ2n) is 4.60. The SMILES string of the molecule is Cc1cccnc1CNC1CCC(Cl)CC1. The summed E-state index contributed by atoms with van der Waals surface area (Å²) in [6.45, 7) is 2.99. The van der Waals surface area contributed by atoms with E-state index in [4.69, 9.17) is 11.6 Å². The van der Waals surface area contributed by atoms with Gasteiger partial charge in [0.1, 0.15) is 0 Å². The van der Waals surface area contributed by atoms with Gasteiger partial charge in [-0.25, -0.2) is 0 Å². The number of hydrogen-bond donors (Lipinski definition) is 1. The van der Waals surface area contributed by atoms with Crippen molar-refractivity contribution in [1.29, 1.82) is 0 Å². The van der Waals surface area contributed by atoms with Crippen LogP contribution in [0.5, 0.6) is 0 Å². The van der Waals surface area contributed by atoms with Crippen LogP contribution >= 0.6 is 11.6 Å². The van der Waals surface area contributed by atoms with Crippen LogP contribution in [-0.2, 0) is 6.54 Å². The van der Waals surface area contributed by atoms with Crippen molar-refractivity contribution in [3.8, 4) is 0 Å². The Balaban J connectivity index is 1.81. The fourth-order valence-corrected chi connectivity index (χ4v) is 2.45. The van der Waals surface area contributed by atoms with Gasteiger partial charge in [0.15, 0.2) is 0 Å². The minimum atomic E-state index is 0.398. The Labute approximate surface area is 102 Å². The molecule has 1 aromatic heterocycles. The summed E-state index contributed by atoms with van der Waals surface area (Å²) < 4.78 is 0. The zero-order chi connectivity index (χ0) is 11.4. The fourth-order valence-electron chi connectivity index (χ4n) is 2.20. The standard InChI is InChI=1S/C13H19ClN2/c1-10-3-2-8-15-13(10)9-16-12-6-4-11(14)5-7-12/h2-3,8,11-12,16H,4-7,9H2,1H3. The lowest BCUT2D eigenvalue weighted by Crippen LogP contribution is -2.33. The summed E-state index contributed by atoms with van der Waals surface area (Å²) in [6.07, 6.45) is 6.53. The van der Waals surface area contributed by atoms with Crippen molar-refractivity contribution < 1.29 is 0 Å². The molecule has 1 N–H and O–H groups in total. The summed E-state index contributed by atoms with van der Waals surface area (Å²) in [5.74, 6) is 0. The number of aromatic nitrogens is 1. The van der Waals surface area contributed by atoms with E-state index in [0.29, 0.717) is 11.4 Å². The molecule has 0 unspecified atom stereocenters. The van der Waals surface area contributed by atoms with E-state index in [1.165, 1.54) is 18.4 Å². The number of pyridine rings is 1. The van der Waals surface area contributed by atoms with Crippen molar-refractivity contribution in [2.24, 2.45) is 0 Å². The van der Waals surface area contributed by atoms with Crippen LogP contribution in [0.4, 0.5) is 0 Å². The van der Waals surface area contributed by atoms with Gasteiger partial charge in [0.05, 0.1) is 5.69 Å². The number of nitrogens with one attached hydrogen (secondary N) is 1. The summed E-state index contributed by atoms with van der Waals surface area (Å²) in [5.41, 5.74) is 2.43. The average molecular weight is 239 g/mol. The van der Waals surface area contributed by atoms with Gasteiger partial charge in [-0.3, -0.25) is 4.98 Å². The molecule has 3 heteroatoms. The van der Waals surface area contributed by atoms with Crippen LogP contribution in [0.25, 0.3) is 0 Å². The van der Waals surface area contributed by atoms with Crippen molar-refractivity contribution in [3.05, 3.63) is 29.6 Å². The second-order valence-corrected chi connectivity index (χ2v) is 5.21. The molecular formula is C13H19ClN2. The second kappa shape index (κ2) is 5.65. The Morgan fingerprint density at radius 1 is 1.38 bits per heavy atom. The lowest BCUT2D eigenvalue weighted by atomic mass is 9.95. The number of alkyl halides is 1. The zero-order valence-corrected chi connectivity index (χ0v) is 10.5. The number of hydrogen-bond acceptors (Lipinski definition) is 2. The first-order chi connectivity index (χ1) is 7.75. The molecule has 0 bridgehead atoms. The quantitative estimate of drug-likeness (QED) is 0.819. The predicted octanol–water partition coefficient (Wildman–Crippen LogP) is 3.03. The van der Waals surface area contributed by atoms with Gasteiger partial charge in [-0.05, 0) is 44.2 Å². The van der Waals surface area contributed by atoms with Gasteiger partial charge in [0.25, 0.3) is 0 Å². The van der Waals surface area contributed by atoms with Gasteiger partial charge in [-0.15, -0.1) is 11.6 Å². The molecule has 88 valence electrons. The van der Waals surface area contributed by atoms with Crippen LogP contribution < -0.4 is 5.32 Å². The van der Waals surface area contributed by atoms with Gasteiger partial charge in [-0.2, -0.15) is 0 Å². The van der Waals surface area contributed by atoms with E-state index in [0.717, 1.165) is 25.1 Å². The van der Waals surface area contributed by atoms with Gasteiger partial charge in [-0.1, -0.05) is 6.07 Å². The van der Waals surface area contributed by atoms with E-state index in [1.54, 1.807) is 0 Å². The molecule has 1 saturated carbocycles. The van der Waals surface area contributed by atoms with Crippen LogP contribution in [0.15, 0.2) is 18.3 Å². The minimum Gasteiger partial charge on any atom is -0.308 e. The first kappa shape index (κ1) is 11.9. The molecule has 1 aliphatic carbocycles. The number of halogens is 1. The van der Waals surface area contributed by atoms with Crippen molar-refractivity contribution in [3.63, 3.8) is 0 Å². The largest absolute Gasteiger partial charge is 0.308 e. The molecule has 1 aliphatic rings. The van der Waals surface area contributed by atoms with Crippen molar-refractivity contribution in [1.82, 2.24) is 10.3 Å². The summed E-state index contributed by atoms with van der Waals surface area (Å²) in [5, 5.41) is 3.98. The van der Waals surface area contributed by atoms with E-state index in [1.807, 2.05) is 12.3 Å². The monoisotopic (exact) mass is 238 g/mol. The maximum atomic E-state index is 6.08. The van der Waals surface area contributed by atoms with Crippen molar-refractivity contribution in [2.45, 2.75) is 50.6 Å². The number of aryl methyl sites for hydroxylation is 1. The Bertz CT molecular complexity index is 332. The van der Waals surface area contributed by atoms with Crippen LogP contribution in [0, 0.1) is 6.92 Å². The summed E-state index contributed by atoms with van der Waals surface area (Å²) in [4.78, 5) is 4.39. The lowest BCUT2D eigenvalue weighted by molar-refractivity contribution is 0.374. The predicted molar refractivity (Wildman–Crippen MR) is 67.7 cm³/mol. The van der Waals surface area contributed by atoms with Crippen LogP contribution in [0.2, 0.25) is 0 Å². The molecule has 0 radical (unpaired) electrons. The molecule has 0 amide bonds. The van der Waals surface area contributed by atoms with Gasteiger partial charge in [0.2, 0.25) is 0 Å². The van der Waals surface area contributed by atoms with E-state index < -0.39 is 0 Å². The smallest absolute Gasteiger partial charge is 0.0570 e. The highest BCUT2D eigenvalue weighted by Crippen LogP contribution is 2.22. The zero-order valence-electron chi connectivity index (χ0n) is 9.75. The number of nitrogens with zero attached hydrogens (tertiary/aromatic N) is 1. The highest BCUT2D eigenvalue weighted by atomic mass is 35.5. The molecule has 2 nitrogen and oxygen atoms in total. The van der Waals surface area contributed by atoms with Crippen LogP contribution in [0.1, 0.15) is 36.9 Å². The van der Waals surface area contributed by atoms with E-state index in [2.05, 4.69) is 23.3 Å².